The van der Waals surface area contributed by atoms with E-state index in [4.69, 9.17) is 4.74 Å². The highest BCUT2D eigenvalue weighted by Crippen LogP contribution is 2.20. The smallest absolute Gasteiger partial charge is 0.340 e. The number of carbonyl (C=O) groups excluding carboxylic acids is 3. The van der Waals surface area contributed by atoms with Crippen molar-refractivity contribution in [3.63, 3.8) is 0 Å². The largest absolute Gasteiger partial charge is 0.452 e. The number of esters is 1. The first kappa shape index (κ1) is 23.9. The van der Waals surface area contributed by atoms with Crippen LogP contribution in [0.2, 0.25) is 0 Å². The Bertz CT molecular complexity index is 1430. The molecule has 0 radical (unpaired) electrons. The minimum Gasteiger partial charge on any atom is -0.452 e. The number of nitriles is 1. The van der Waals surface area contributed by atoms with Crippen molar-refractivity contribution in [2.75, 3.05) is 17.2 Å². The maximum atomic E-state index is 12.7. The first-order chi connectivity index (χ1) is 17.5. The quantitative estimate of drug-likeness (QED) is 0.371. The molecule has 0 unspecified atom stereocenters. The second-order valence-corrected chi connectivity index (χ2v) is 7.65. The van der Waals surface area contributed by atoms with Crippen LogP contribution in [0.3, 0.4) is 0 Å². The van der Waals surface area contributed by atoms with Gasteiger partial charge in [0.15, 0.2) is 12.4 Å². The average Bonchev–Trinajstić information content (AvgIpc) is 3.31. The lowest BCUT2D eigenvalue weighted by Crippen LogP contribution is -2.23. The summed E-state index contributed by atoms with van der Waals surface area (Å²) in [6.07, 6.45) is 1.48. The Morgan fingerprint density at radius 2 is 1.53 bits per heavy atom. The van der Waals surface area contributed by atoms with Crippen molar-refractivity contribution < 1.29 is 19.1 Å². The van der Waals surface area contributed by atoms with Crippen molar-refractivity contribution >= 4 is 29.3 Å². The molecular weight excluding hydrogens is 458 g/mol. The fourth-order valence-corrected chi connectivity index (χ4v) is 3.44. The number of ether oxygens (including phenoxy) is 1. The number of rotatable bonds is 8. The molecule has 178 valence electrons. The van der Waals surface area contributed by atoms with E-state index in [0.717, 1.165) is 5.56 Å². The van der Waals surface area contributed by atoms with Crippen LogP contribution in [-0.4, -0.2) is 34.2 Å². The number of para-hydroxylation sites is 2. The molecule has 2 N–H and O–H groups in total. The van der Waals surface area contributed by atoms with Crippen molar-refractivity contribution in [1.29, 1.82) is 5.26 Å². The second kappa shape index (κ2) is 11.3. The molecule has 9 nitrogen and oxygen atoms in total. The molecule has 0 bridgehead atoms. The van der Waals surface area contributed by atoms with E-state index in [9.17, 15) is 19.6 Å². The molecule has 0 atom stereocenters. The molecule has 0 saturated heterocycles. The molecule has 36 heavy (non-hydrogen) atoms. The molecular formula is C27H21N5O4. The van der Waals surface area contributed by atoms with E-state index < -0.39 is 18.5 Å². The lowest BCUT2D eigenvalue weighted by atomic mass is 10.1. The summed E-state index contributed by atoms with van der Waals surface area (Å²) in [6, 6.07) is 26.5. The van der Waals surface area contributed by atoms with Crippen molar-refractivity contribution in [3.8, 4) is 11.8 Å². The predicted molar refractivity (Wildman–Crippen MR) is 132 cm³/mol. The van der Waals surface area contributed by atoms with Gasteiger partial charge in [0.1, 0.15) is 11.6 Å². The summed E-state index contributed by atoms with van der Waals surface area (Å²) in [5, 5.41) is 18.8. The summed E-state index contributed by atoms with van der Waals surface area (Å²) in [4.78, 5) is 37.7. The van der Waals surface area contributed by atoms with Gasteiger partial charge in [-0.1, -0.05) is 60.7 Å². The minimum atomic E-state index is -0.780. The van der Waals surface area contributed by atoms with Crippen LogP contribution in [0.4, 0.5) is 11.5 Å². The maximum Gasteiger partial charge on any atom is 0.340 e. The molecule has 0 fully saturated rings. The molecule has 0 aliphatic carbocycles. The predicted octanol–water partition coefficient (Wildman–Crippen LogP) is 3.72. The van der Waals surface area contributed by atoms with E-state index in [1.54, 1.807) is 42.5 Å². The van der Waals surface area contributed by atoms with Crippen molar-refractivity contribution in [2.24, 2.45) is 0 Å². The molecule has 3 aromatic carbocycles. The van der Waals surface area contributed by atoms with Gasteiger partial charge in [-0.25, -0.2) is 9.48 Å². The minimum absolute atomic E-state index is 0.110. The van der Waals surface area contributed by atoms with E-state index in [1.807, 2.05) is 42.5 Å². The molecule has 0 aliphatic rings. The van der Waals surface area contributed by atoms with Crippen LogP contribution in [0.5, 0.6) is 0 Å². The summed E-state index contributed by atoms with van der Waals surface area (Å²) < 4.78 is 6.60. The van der Waals surface area contributed by atoms with Gasteiger partial charge in [-0.05, 0) is 29.8 Å². The van der Waals surface area contributed by atoms with Crippen LogP contribution in [0, 0.1) is 11.3 Å². The molecule has 4 aromatic rings. The van der Waals surface area contributed by atoms with E-state index in [1.165, 1.54) is 16.9 Å². The third kappa shape index (κ3) is 5.81. The van der Waals surface area contributed by atoms with Gasteiger partial charge in [0, 0.05) is 0 Å². The summed E-state index contributed by atoms with van der Waals surface area (Å²) in [6.45, 7) is -0.601. The van der Waals surface area contributed by atoms with Crippen molar-refractivity contribution in [1.82, 2.24) is 9.78 Å². The zero-order valence-electron chi connectivity index (χ0n) is 19.0. The van der Waals surface area contributed by atoms with Crippen LogP contribution < -0.4 is 10.6 Å². The number of benzene rings is 3. The standard InChI is InChI=1S/C27H21N5O4/c28-16-20-17-29-32(21-11-5-2-6-12-21)26(20)31-25(34)18-36-27(35)22-13-7-8-14-23(22)30-24(33)15-19-9-3-1-4-10-19/h1-14,17H,15,18H2,(H,30,33)(H,31,34). The van der Waals surface area contributed by atoms with Crippen LogP contribution in [0.1, 0.15) is 21.5 Å². The number of nitrogens with zero attached hydrogens (tertiary/aromatic N) is 3. The van der Waals surface area contributed by atoms with E-state index in [-0.39, 0.29) is 35.0 Å². The Hall–Kier alpha value is -5.23. The van der Waals surface area contributed by atoms with Gasteiger partial charge in [-0.15, -0.1) is 0 Å². The number of aromatic nitrogens is 2. The molecule has 0 saturated carbocycles. The van der Waals surface area contributed by atoms with Gasteiger partial charge in [0.25, 0.3) is 5.91 Å². The SMILES string of the molecule is N#Cc1cnn(-c2ccccc2)c1NC(=O)COC(=O)c1ccccc1NC(=O)Cc1ccccc1. The summed E-state index contributed by atoms with van der Waals surface area (Å²) in [5.74, 6) is -1.56. The third-order valence-corrected chi connectivity index (χ3v) is 5.11. The molecule has 1 aromatic heterocycles. The number of hydrogen-bond acceptors (Lipinski definition) is 6. The Kier molecular flexibility index (Phi) is 7.48. The maximum absolute atomic E-state index is 12.7. The van der Waals surface area contributed by atoms with Crippen molar-refractivity contribution in [2.45, 2.75) is 6.42 Å². The molecule has 0 aliphatic heterocycles. The summed E-state index contributed by atoms with van der Waals surface area (Å²) in [5.41, 5.74) is 2.02. The van der Waals surface area contributed by atoms with Gasteiger partial charge in [0.2, 0.25) is 5.91 Å². The summed E-state index contributed by atoms with van der Waals surface area (Å²) in [7, 11) is 0. The number of nitrogens with one attached hydrogen (secondary N) is 2. The number of carbonyl (C=O) groups is 3. The van der Waals surface area contributed by atoms with E-state index in [0.29, 0.717) is 5.69 Å². The van der Waals surface area contributed by atoms with Crippen LogP contribution in [-0.2, 0) is 20.7 Å². The fraction of sp³-hybridized carbons (Fsp3) is 0.0741. The van der Waals surface area contributed by atoms with Gasteiger partial charge in [-0.2, -0.15) is 10.4 Å². The topological polar surface area (TPSA) is 126 Å². The van der Waals surface area contributed by atoms with Gasteiger partial charge >= 0.3 is 5.97 Å². The Balaban J connectivity index is 1.40. The highest BCUT2D eigenvalue weighted by molar-refractivity contribution is 6.02. The average molecular weight is 479 g/mol. The third-order valence-electron chi connectivity index (χ3n) is 5.11. The highest BCUT2D eigenvalue weighted by atomic mass is 16.5. The molecule has 9 heteroatoms. The lowest BCUT2D eigenvalue weighted by Gasteiger charge is -2.12. The zero-order chi connectivity index (χ0) is 25.3. The number of hydrogen-bond donors (Lipinski definition) is 2. The number of amides is 2. The Morgan fingerprint density at radius 1 is 0.861 bits per heavy atom. The molecule has 0 spiro atoms. The van der Waals surface area contributed by atoms with Gasteiger partial charge in [-0.3, -0.25) is 9.59 Å². The molecule has 2 amide bonds. The van der Waals surface area contributed by atoms with Gasteiger partial charge < -0.3 is 15.4 Å². The fourth-order valence-electron chi connectivity index (χ4n) is 3.44. The van der Waals surface area contributed by atoms with Crippen LogP contribution in [0.15, 0.2) is 91.1 Å². The summed E-state index contributed by atoms with van der Waals surface area (Å²) >= 11 is 0. The lowest BCUT2D eigenvalue weighted by molar-refractivity contribution is -0.119. The van der Waals surface area contributed by atoms with E-state index in [2.05, 4.69) is 15.7 Å². The van der Waals surface area contributed by atoms with Gasteiger partial charge in [0.05, 0.1) is 29.6 Å². The van der Waals surface area contributed by atoms with Crippen molar-refractivity contribution in [3.05, 3.63) is 108 Å². The Labute approximate surface area is 206 Å². The first-order valence-electron chi connectivity index (χ1n) is 11.0. The normalized spacial score (nSPS) is 10.2. The van der Waals surface area contributed by atoms with Crippen LogP contribution >= 0.6 is 0 Å². The highest BCUT2D eigenvalue weighted by Gasteiger charge is 2.19. The van der Waals surface area contributed by atoms with E-state index >= 15 is 0 Å². The Morgan fingerprint density at radius 3 is 2.25 bits per heavy atom. The zero-order valence-corrected chi connectivity index (χ0v) is 19.0. The monoisotopic (exact) mass is 479 g/mol. The second-order valence-electron chi connectivity index (χ2n) is 7.65. The molecule has 1 heterocycles. The molecule has 4 rings (SSSR count). The first-order valence-corrected chi connectivity index (χ1v) is 11.0. The number of anilines is 2. The van der Waals surface area contributed by atoms with Crippen LogP contribution in [0.25, 0.3) is 5.69 Å².